The zero-order valence-corrected chi connectivity index (χ0v) is 14.1. The minimum atomic E-state index is 0.290. The molecule has 0 aliphatic heterocycles. The Hall–Kier alpha value is -2.02. The van der Waals surface area contributed by atoms with Gasteiger partial charge < -0.3 is 5.32 Å². The molecule has 0 aliphatic carbocycles. The van der Waals surface area contributed by atoms with Crippen LogP contribution in [0.15, 0.2) is 50.2 Å². The van der Waals surface area contributed by atoms with Gasteiger partial charge in [0, 0.05) is 10.2 Å². The molecule has 0 bridgehead atoms. The highest BCUT2D eigenvalue weighted by atomic mass is 79.9. The van der Waals surface area contributed by atoms with Crippen LogP contribution in [0.1, 0.15) is 5.69 Å². The van der Waals surface area contributed by atoms with Gasteiger partial charge in [-0.2, -0.15) is 5.26 Å². The van der Waals surface area contributed by atoms with E-state index in [2.05, 4.69) is 41.6 Å². The summed E-state index contributed by atoms with van der Waals surface area (Å²) in [4.78, 5) is 0. The Morgan fingerprint density at radius 1 is 1.14 bits per heavy atom. The molecule has 2 heterocycles. The minimum absolute atomic E-state index is 0.290. The fourth-order valence-electron chi connectivity index (χ4n) is 1.51. The first-order valence-electron chi connectivity index (χ1n) is 6.01. The Labute approximate surface area is 142 Å². The number of halogens is 1. The third-order valence-corrected chi connectivity index (χ3v) is 4.74. The molecule has 1 N–H and O–H groups in total. The number of anilines is 2. The Kier molecular flexibility index (Phi) is 4.62. The second-order valence-corrected chi connectivity index (χ2v) is 7.14. The zero-order chi connectivity index (χ0) is 15.4. The summed E-state index contributed by atoms with van der Waals surface area (Å²) in [6.07, 6.45) is 0. The SMILES string of the molecule is N#Cc1ccc(Sc2nnc(Nc3cccc(Br)c3)s2)nn1. The zero-order valence-electron chi connectivity index (χ0n) is 10.9. The van der Waals surface area contributed by atoms with Gasteiger partial charge in [0.05, 0.1) is 0 Å². The monoisotopic (exact) mass is 390 g/mol. The molecule has 0 atom stereocenters. The molecular formula is C13H7BrN6S2. The van der Waals surface area contributed by atoms with Crippen LogP contribution in [0.4, 0.5) is 10.8 Å². The molecule has 0 fully saturated rings. The number of nitrogens with zero attached hydrogens (tertiary/aromatic N) is 5. The minimum Gasteiger partial charge on any atom is -0.330 e. The van der Waals surface area contributed by atoms with Gasteiger partial charge in [0.25, 0.3) is 0 Å². The first kappa shape index (κ1) is 14.9. The molecule has 0 saturated heterocycles. The van der Waals surface area contributed by atoms with Crippen LogP contribution in [0.2, 0.25) is 0 Å². The van der Waals surface area contributed by atoms with E-state index in [0.717, 1.165) is 14.5 Å². The number of aromatic nitrogens is 4. The van der Waals surface area contributed by atoms with Gasteiger partial charge >= 0.3 is 0 Å². The van der Waals surface area contributed by atoms with E-state index in [1.165, 1.54) is 23.1 Å². The topological polar surface area (TPSA) is 87.4 Å². The molecule has 2 aromatic heterocycles. The standard InChI is InChI=1S/C13H7BrN6S2/c14-8-2-1-3-9(6-8)16-12-19-20-13(22-12)21-11-5-4-10(7-15)17-18-11/h1-6H,(H,16,19). The maximum Gasteiger partial charge on any atom is 0.210 e. The quantitative estimate of drug-likeness (QED) is 0.723. The molecule has 0 unspecified atom stereocenters. The Morgan fingerprint density at radius 3 is 2.77 bits per heavy atom. The molecule has 0 spiro atoms. The van der Waals surface area contributed by atoms with Crippen molar-refractivity contribution in [3.05, 3.63) is 46.6 Å². The van der Waals surface area contributed by atoms with Crippen LogP contribution < -0.4 is 5.32 Å². The molecule has 0 amide bonds. The van der Waals surface area contributed by atoms with Gasteiger partial charge in [-0.05, 0) is 42.1 Å². The van der Waals surface area contributed by atoms with E-state index in [4.69, 9.17) is 5.26 Å². The number of hydrogen-bond acceptors (Lipinski definition) is 8. The van der Waals surface area contributed by atoms with Gasteiger partial charge in [0.2, 0.25) is 5.13 Å². The van der Waals surface area contributed by atoms with Crippen LogP contribution in [0.3, 0.4) is 0 Å². The van der Waals surface area contributed by atoms with Gasteiger partial charge in [0.15, 0.2) is 10.0 Å². The van der Waals surface area contributed by atoms with Crippen LogP contribution in [0, 0.1) is 11.3 Å². The second kappa shape index (κ2) is 6.83. The maximum absolute atomic E-state index is 8.69. The van der Waals surface area contributed by atoms with Gasteiger partial charge in [-0.3, -0.25) is 0 Å². The molecule has 0 saturated carbocycles. The van der Waals surface area contributed by atoms with Crippen LogP contribution in [-0.4, -0.2) is 20.4 Å². The van der Waals surface area contributed by atoms with E-state index < -0.39 is 0 Å². The molecular weight excluding hydrogens is 384 g/mol. The first-order valence-corrected chi connectivity index (χ1v) is 8.43. The van der Waals surface area contributed by atoms with Gasteiger partial charge in [-0.15, -0.1) is 20.4 Å². The van der Waals surface area contributed by atoms with Crippen molar-refractivity contribution in [2.75, 3.05) is 5.32 Å². The summed E-state index contributed by atoms with van der Waals surface area (Å²) in [5, 5.41) is 29.2. The molecule has 3 aromatic rings. The predicted molar refractivity (Wildman–Crippen MR) is 88.2 cm³/mol. The lowest BCUT2D eigenvalue weighted by Crippen LogP contribution is -1.88. The molecule has 0 aliphatic rings. The largest absolute Gasteiger partial charge is 0.330 e. The van der Waals surface area contributed by atoms with Crippen molar-refractivity contribution in [2.24, 2.45) is 0 Å². The van der Waals surface area contributed by atoms with E-state index in [1.54, 1.807) is 12.1 Å². The highest BCUT2D eigenvalue weighted by Gasteiger charge is 2.08. The van der Waals surface area contributed by atoms with Gasteiger partial charge in [0.1, 0.15) is 11.1 Å². The van der Waals surface area contributed by atoms with Crippen LogP contribution >= 0.6 is 39.0 Å². The lowest BCUT2D eigenvalue weighted by molar-refractivity contribution is 0.912. The third kappa shape index (κ3) is 3.79. The fourth-order valence-corrected chi connectivity index (χ4v) is 3.55. The number of nitriles is 1. The average Bonchev–Trinajstić information content (AvgIpc) is 2.95. The Balaban J connectivity index is 1.69. The number of hydrogen-bond donors (Lipinski definition) is 1. The summed E-state index contributed by atoms with van der Waals surface area (Å²) < 4.78 is 1.74. The predicted octanol–water partition coefficient (Wildman–Crippen LogP) is 3.86. The highest BCUT2D eigenvalue weighted by molar-refractivity contribution is 9.10. The highest BCUT2D eigenvalue weighted by Crippen LogP contribution is 2.31. The summed E-state index contributed by atoms with van der Waals surface area (Å²) in [5.41, 5.74) is 1.22. The van der Waals surface area contributed by atoms with Gasteiger partial charge in [-0.1, -0.05) is 33.3 Å². The average molecular weight is 391 g/mol. The first-order chi connectivity index (χ1) is 10.7. The normalized spacial score (nSPS) is 10.2. The Morgan fingerprint density at radius 2 is 2.05 bits per heavy atom. The smallest absolute Gasteiger partial charge is 0.210 e. The molecule has 1 aromatic carbocycles. The Bertz CT molecular complexity index is 827. The van der Waals surface area contributed by atoms with Crippen molar-refractivity contribution in [2.45, 2.75) is 9.37 Å². The summed E-state index contributed by atoms with van der Waals surface area (Å²) >= 11 is 6.20. The lowest BCUT2D eigenvalue weighted by Gasteiger charge is -2.01. The number of benzene rings is 1. The summed E-state index contributed by atoms with van der Waals surface area (Å²) in [6.45, 7) is 0. The van der Waals surface area contributed by atoms with Crippen molar-refractivity contribution in [1.29, 1.82) is 5.26 Å². The van der Waals surface area contributed by atoms with Gasteiger partial charge in [-0.25, -0.2) is 0 Å². The van der Waals surface area contributed by atoms with Crippen molar-refractivity contribution < 1.29 is 0 Å². The molecule has 6 nitrogen and oxygen atoms in total. The molecule has 108 valence electrons. The van der Waals surface area contributed by atoms with Crippen LogP contribution in [0.25, 0.3) is 0 Å². The second-order valence-electron chi connectivity index (χ2n) is 3.98. The van der Waals surface area contributed by atoms with E-state index in [1.807, 2.05) is 30.3 Å². The molecule has 22 heavy (non-hydrogen) atoms. The van der Waals surface area contributed by atoms with Crippen molar-refractivity contribution >= 4 is 49.8 Å². The summed E-state index contributed by atoms with van der Waals surface area (Å²) in [6, 6.07) is 13.1. The van der Waals surface area contributed by atoms with Crippen molar-refractivity contribution in [3.63, 3.8) is 0 Å². The fraction of sp³-hybridized carbons (Fsp3) is 0. The van der Waals surface area contributed by atoms with Crippen LogP contribution in [0.5, 0.6) is 0 Å². The third-order valence-electron chi connectivity index (χ3n) is 2.43. The van der Waals surface area contributed by atoms with E-state index in [9.17, 15) is 0 Å². The number of nitrogens with one attached hydrogen (secondary N) is 1. The van der Waals surface area contributed by atoms with E-state index in [0.29, 0.717) is 15.9 Å². The maximum atomic E-state index is 8.69. The molecule has 0 radical (unpaired) electrons. The molecule has 3 rings (SSSR count). The van der Waals surface area contributed by atoms with Crippen molar-refractivity contribution in [1.82, 2.24) is 20.4 Å². The number of rotatable bonds is 4. The lowest BCUT2D eigenvalue weighted by atomic mass is 10.3. The molecule has 9 heteroatoms. The van der Waals surface area contributed by atoms with E-state index >= 15 is 0 Å². The van der Waals surface area contributed by atoms with E-state index in [-0.39, 0.29) is 0 Å². The summed E-state index contributed by atoms with van der Waals surface area (Å²) in [5.74, 6) is 0. The van der Waals surface area contributed by atoms with Crippen LogP contribution in [-0.2, 0) is 0 Å². The summed E-state index contributed by atoms with van der Waals surface area (Å²) in [7, 11) is 0. The van der Waals surface area contributed by atoms with Crippen molar-refractivity contribution in [3.8, 4) is 6.07 Å².